The first-order chi connectivity index (χ1) is 5.86. The van der Waals surface area contributed by atoms with Crippen LogP contribution in [-0.4, -0.2) is 6.54 Å². The van der Waals surface area contributed by atoms with E-state index in [0.717, 1.165) is 12.0 Å². The smallest absolute Gasteiger partial charge is 0.218 e. The third-order valence-corrected chi connectivity index (χ3v) is 1.57. The lowest BCUT2D eigenvalue weighted by Crippen LogP contribution is -1.87. The molecular weight excluding hydrogens is 148 g/mol. The molecule has 0 amide bonds. The highest BCUT2D eigenvalue weighted by atomic mass is 14.6. The summed E-state index contributed by atoms with van der Waals surface area (Å²) in [6.45, 7) is 7.11. The summed E-state index contributed by atoms with van der Waals surface area (Å²) in [7, 11) is 0. The average Bonchev–Trinajstić information content (AvgIpc) is 2.15. The molecule has 0 N–H and O–H groups in total. The SMILES string of the molecule is [C-]#[N+]CCc1cccc(C#N)c1. The maximum Gasteiger partial charge on any atom is 0.218 e. The van der Waals surface area contributed by atoms with Crippen molar-refractivity contribution in [3.63, 3.8) is 0 Å². The van der Waals surface area contributed by atoms with E-state index in [0.29, 0.717) is 12.1 Å². The van der Waals surface area contributed by atoms with Crippen LogP contribution in [0.15, 0.2) is 24.3 Å². The van der Waals surface area contributed by atoms with Crippen molar-refractivity contribution in [2.45, 2.75) is 6.42 Å². The van der Waals surface area contributed by atoms with Crippen LogP contribution in [0.5, 0.6) is 0 Å². The van der Waals surface area contributed by atoms with E-state index in [1.165, 1.54) is 0 Å². The van der Waals surface area contributed by atoms with Crippen molar-refractivity contribution in [2.24, 2.45) is 0 Å². The van der Waals surface area contributed by atoms with Gasteiger partial charge in [-0.2, -0.15) is 5.26 Å². The molecule has 58 valence electrons. The summed E-state index contributed by atoms with van der Waals surface area (Å²) in [6, 6.07) is 9.44. The van der Waals surface area contributed by atoms with E-state index in [-0.39, 0.29) is 0 Å². The fourth-order valence-electron chi connectivity index (χ4n) is 0.981. The van der Waals surface area contributed by atoms with Gasteiger partial charge in [-0.3, -0.25) is 0 Å². The Balaban J connectivity index is 2.76. The number of hydrogen-bond acceptors (Lipinski definition) is 1. The molecule has 2 nitrogen and oxygen atoms in total. The summed E-state index contributed by atoms with van der Waals surface area (Å²) in [5, 5.41) is 8.58. The zero-order valence-electron chi connectivity index (χ0n) is 6.62. The Morgan fingerprint density at radius 3 is 3.00 bits per heavy atom. The van der Waals surface area contributed by atoms with Gasteiger partial charge in [-0.25, -0.2) is 6.57 Å². The minimum Gasteiger partial charge on any atom is -0.317 e. The number of rotatable bonds is 2. The number of hydrogen-bond donors (Lipinski definition) is 0. The van der Waals surface area contributed by atoms with Crippen LogP contribution >= 0.6 is 0 Å². The van der Waals surface area contributed by atoms with Crippen molar-refractivity contribution >= 4 is 0 Å². The third kappa shape index (κ3) is 2.11. The molecule has 0 aliphatic carbocycles. The molecule has 0 aliphatic rings. The van der Waals surface area contributed by atoms with Gasteiger partial charge in [0.1, 0.15) is 0 Å². The van der Waals surface area contributed by atoms with Crippen LogP contribution in [0.3, 0.4) is 0 Å². The molecule has 1 aromatic rings. The van der Waals surface area contributed by atoms with Crippen LogP contribution in [0, 0.1) is 17.9 Å². The average molecular weight is 156 g/mol. The molecule has 0 bridgehead atoms. The van der Waals surface area contributed by atoms with E-state index < -0.39 is 0 Å². The molecule has 0 radical (unpaired) electrons. The van der Waals surface area contributed by atoms with Crippen LogP contribution < -0.4 is 0 Å². The first kappa shape index (κ1) is 8.30. The number of benzene rings is 1. The maximum atomic E-state index is 8.58. The van der Waals surface area contributed by atoms with E-state index in [1.807, 2.05) is 18.2 Å². The Bertz CT molecular complexity index is 342. The molecular formula is C10H8N2. The second-order valence-electron chi connectivity index (χ2n) is 2.44. The Hall–Kier alpha value is -1.80. The molecule has 0 unspecified atom stereocenters. The van der Waals surface area contributed by atoms with Crippen LogP contribution in [0.1, 0.15) is 11.1 Å². The molecule has 0 spiro atoms. The van der Waals surface area contributed by atoms with Gasteiger partial charge < -0.3 is 4.85 Å². The number of nitrogens with zero attached hydrogens (tertiary/aromatic N) is 2. The largest absolute Gasteiger partial charge is 0.317 e. The highest BCUT2D eigenvalue weighted by Crippen LogP contribution is 2.04. The fraction of sp³-hybridized carbons (Fsp3) is 0.200. The molecule has 12 heavy (non-hydrogen) atoms. The van der Waals surface area contributed by atoms with Gasteiger partial charge in [0.15, 0.2) is 0 Å². The van der Waals surface area contributed by atoms with Crippen molar-refractivity contribution in [1.82, 2.24) is 0 Å². The Morgan fingerprint density at radius 2 is 2.33 bits per heavy atom. The van der Waals surface area contributed by atoms with E-state index in [4.69, 9.17) is 11.8 Å². The van der Waals surface area contributed by atoms with Gasteiger partial charge in [-0.1, -0.05) is 12.1 Å². The molecule has 1 aromatic carbocycles. The molecule has 0 saturated heterocycles. The highest BCUT2D eigenvalue weighted by Gasteiger charge is 1.95. The predicted molar refractivity (Wildman–Crippen MR) is 46.3 cm³/mol. The summed E-state index contributed by atoms with van der Waals surface area (Å²) in [5.74, 6) is 0. The second kappa shape index (κ2) is 4.16. The van der Waals surface area contributed by atoms with Crippen LogP contribution in [0.2, 0.25) is 0 Å². The van der Waals surface area contributed by atoms with Crippen LogP contribution in [0.25, 0.3) is 4.85 Å². The normalized spacial score (nSPS) is 8.50. The van der Waals surface area contributed by atoms with Crippen LogP contribution in [0.4, 0.5) is 0 Å². The van der Waals surface area contributed by atoms with Crippen molar-refractivity contribution in [3.8, 4) is 6.07 Å². The van der Waals surface area contributed by atoms with Crippen molar-refractivity contribution in [2.75, 3.05) is 6.54 Å². The topological polar surface area (TPSA) is 28.1 Å². The van der Waals surface area contributed by atoms with Gasteiger partial charge in [-0.05, 0) is 17.7 Å². The summed E-state index contributed by atoms with van der Waals surface area (Å²) in [4.78, 5) is 3.25. The first-order valence-corrected chi connectivity index (χ1v) is 3.69. The third-order valence-electron chi connectivity index (χ3n) is 1.57. The predicted octanol–water partition coefficient (Wildman–Crippen LogP) is 2.02. The zero-order chi connectivity index (χ0) is 8.81. The van der Waals surface area contributed by atoms with E-state index >= 15 is 0 Å². The summed E-state index contributed by atoms with van der Waals surface area (Å²) in [5.41, 5.74) is 1.72. The van der Waals surface area contributed by atoms with E-state index in [2.05, 4.69) is 10.9 Å². The Morgan fingerprint density at radius 1 is 1.50 bits per heavy atom. The maximum absolute atomic E-state index is 8.58. The van der Waals surface area contributed by atoms with Crippen molar-refractivity contribution in [1.29, 1.82) is 5.26 Å². The number of nitriles is 1. The van der Waals surface area contributed by atoms with Crippen LogP contribution in [-0.2, 0) is 6.42 Å². The molecule has 1 rings (SSSR count). The molecule has 0 fully saturated rings. The minimum absolute atomic E-state index is 0.495. The summed E-state index contributed by atoms with van der Waals surface area (Å²) < 4.78 is 0. The van der Waals surface area contributed by atoms with Gasteiger partial charge in [0.2, 0.25) is 6.54 Å². The minimum atomic E-state index is 0.495. The standard InChI is InChI=1S/C10H8N2/c1-12-6-5-9-3-2-4-10(7-9)8-11/h2-4,7H,5-6H2. The van der Waals surface area contributed by atoms with Gasteiger partial charge in [-0.15, -0.1) is 0 Å². The second-order valence-corrected chi connectivity index (χ2v) is 2.44. The van der Waals surface area contributed by atoms with Gasteiger partial charge >= 0.3 is 0 Å². The molecule has 0 aliphatic heterocycles. The lowest BCUT2D eigenvalue weighted by atomic mass is 10.1. The van der Waals surface area contributed by atoms with Gasteiger partial charge in [0, 0.05) is 6.42 Å². The Labute approximate surface area is 71.9 Å². The van der Waals surface area contributed by atoms with Gasteiger partial charge in [0.25, 0.3) is 0 Å². The summed E-state index contributed by atoms with van der Waals surface area (Å²) >= 11 is 0. The Kier molecular flexibility index (Phi) is 2.87. The lowest BCUT2D eigenvalue weighted by molar-refractivity contribution is 1.08. The molecule has 2 heteroatoms. The lowest BCUT2D eigenvalue weighted by Gasteiger charge is -1.94. The molecule has 0 heterocycles. The molecule has 0 aromatic heterocycles. The molecule has 0 atom stereocenters. The van der Waals surface area contributed by atoms with Crippen molar-refractivity contribution in [3.05, 3.63) is 46.8 Å². The zero-order valence-corrected chi connectivity index (χ0v) is 6.62. The highest BCUT2D eigenvalue weighted by molar-refractivity contribution is 5.32. The van der Waals surface area contributed by atoms with E-state index in [9.17, 15) is 0 Å². The van der Waals surface area contributed by atoms with Crippen molar-refractivity contribution < 1.29 is 0 Å². The quantitative estimate of drug-likeness (QED) is 0.602. The molecule has 0 saturated carbocycles. The monoisotopic (exact) mass is 156 g/mol. The summed E-state index contributed by atoms with van der Waals surface area (Å²) in [6.07, 6.45) is 0.735. The first-order valence-electron chi connectivity index (χ1n) is 3.69. The van der Waals surface area contributed by atoms with Gasteiger partial charge in [0.05, 0.1) is 11.6 Å². The van der Waals surface area contributed by atoms with E-state index in [1.54, 1.807) is 6.07 Å². The fourth-order valence-corrected chi connectivity index (χ4v) is 0.981.